The fraction of sp³-hybridized carbons (Fsp3) is 0.471. The van der Waals surface area contributed by atoms with E-state index in [0.29, 0.717) is 32.0 Å². The van der Waals surface area contributed by atoms with E-state index >= 15 is 0 Å². The third-order valence-electron chi connectivity index (χ3n) is 4.29. The van der Waals surface area contributed by atoms with Gasteiger partial charge in [-0.05, 0) is 12.1 Å². The molecule has 2 aliphatic rings. The number of morpholine rings is 2. The van der Waals surface area contributed by atoms with Crippen LogP contribution in [0.4, 0.5) is 5.69 Å². The van der Waals surface area contributed by atoms with Gasteiger partial charge < -0.3 is 19.3 Å². The molecule has 8 heteroatoms. The topological polar surface area (TPSA) is 85.2 Å². The smallest absolute Gasteiger partial charge is 0.269 e. The Balaban J connectivity index is 1.82. The Morgan fingerprint density at radius 2 is 1.44 bits per heavy atom. The summed E-state index contributed by atoms with van der Waals surface area (Å²) in [6.07, 6.45) is 1.62. The summed E-state index contributed by atoms with van der Waals surface area (Å²) in [4.78, 5) is 27.2. The molecule has 1 aromatic rings. The summed E-state index contributed by atoms with van der Waals surface area (Å²) in [5.41, 5.74) is 0.409. The predicted octanol–water partition coefficient (Wildman–Crippen LogP) is 1.28. The first kappa shape index (κ1) is 17.4. The molecule has 0 spiro atoms. The Hall–Kier alpha value is -2.45. The molecule has 0 unspecified atom stereocenters. The number of hydrogen-bond acceptors (Lipinski definition) is 7. The number of non-ortho nitro benzene ring substituents is 1. The summed E-state index contributed by atoms with van der Waals surface area (Å²) in [5, 5.41) is 10.7. The van der Waals surface area contributed by atoms with E-state index in [9.17, 15) is 14.9 Å². The number of nitro groups is 1. The molecule has 0 radical (unpaired) electrons. The molecule has 134 valence electrons. The molecule has 2 heterocycles. The zero-order valence-electron chi connectivity index (χ0n) is 13.9. The highest BCUT2D eigenvalue weighted by Gasteiger charge is 2.22. The van der Waals surface area contributed by atoms with E-state index < -0.39 is 4.92 Å². The van der Waals surface area contributed by atoms with Crippen LogP contribution in [-0.4, -0.2) is 73.1 Å². The largest absolute Gasteiger partial charge is 0.378 e. The maximum atomic E-state index is 12.7. The second-order valence-corrected chi connectivity index (χ2v) is 5.87. The number of nitro benzene ring substituents is 1. The van der Waals surface area contributed by atoms with Crippen molar-refractivity contribution in [1.29, 1.82) is 0 Å². The number of nitrogens with zero attached hydrogens (tertiary/aromatic N) is 3. The first-order valence-corrected chi connectivity index (χ1v) is 8.31. The van der Waals surface area contributed by atoms with Crippen molar-refractivity contribution in [3.63, 3.8) is 0 Å². The Kier molecular flexibility index (Phi) is 5.62. The van der Waals surface area contributed by atoms with Crippen LogP contribution in [0.15, 0.2) is 36.2 Å². The molecule has 3 rings (SSSR count). The van der Waals surface area contributed by atoms with Gasteiger partial charge in [-0.1, -0.05) is 0 Å². The summed E-state index contributed by atoms with van der Waals surface area (Å²) in [6, 6.07) is 5.69. The summed E-state index contributed by atoms with van der Waals surface area (Å²) in [6.45, 7) is 5.46. The summed E-state index contributed by atoms with van der Waals surface area (Å²) in [5.74, 6) is 0.706. The van der Waals surface area contributed by atoms with E-state index in [2.05, 4.69) is 9.80 Å². The second kappa shape index (κ2) is 8.09. The molecule has 0 atom stereocenters. The zero-order chi connectivity index (χ0) is 17.6. The SMILES string of the molecule is O=C(C=C(N1CCOCC1)N1CCOCC1)c1ccc([N+](=O)[O-])cc1. The monoisotopic (exact) mass is 347 g/mol. The molecule has 2 aliphatic heterocycles. The van der Waals surface area contributed by atoms with Gasteiger partial charge in [0.15, 0.2) is 5.78 Å². The van der Waals surface area contributed by atoms with Gasteiger partial charge in [-0.2, -0.15) is 0 Å². The Morgan fingerprint density at radius 1 is 0.960 bits per heavy atom. The number of rotatable bonds is 5. The van der Waals surface area contributed by atoms with E-state index in [4.69, 9.17) is 9.47 Å². The standard InChI is InChI=1S/C17H21N3O5/c21-16(14-1-3-15(4-2-14)20(22)23)13-17(18-5-9-24-10-6-18)19-7-11-25-12-8-19/h1-4,13H,5-12H2. The van der Waals surface area contributed by atoms with E-state index in [1.54, 1.807) is 6.08 Å². The molecule has 0 aliphatic carbocycles. The Bertz CT molecular complexity index is 627. The third kappa shape index (κ3) is 4.34. The van der Waals surface area contributed by atoms with Gasteiger partial charge in [-0.15, -0.1) is 0 Å². The minimum Gasteiger partial charge on any atom is -0.378 e. The van der Waals surface area contributed by atoms with Gasteiger partial charge in [0.1, 0.15) is 5.82 Å². The number of benzene rings is 1. The van der Waals surface area contributed by atoms with Crippen LogP contribution in [0.2, 0.25) is 0 Å². The maximum absolute atomic E-state index is 12.7. The van der Waals surface area contributed by atoms with Crippen LogP contribution in [0, 0.1) is 10.1 Å². The number of carbonyl (C=O) groups is 1. The summed E-state index contributed by atoms with van der Waals surface area (Å²) < 4.78 is 10.8. The van der Waals surface area contributed by atoms with Crippen LogP contribution in [0.25, 0.3) is 0 Å². The van der Waals surface area contributed by atoms with Crippen molar-refractivity contribution in [2.75, 3.05) is 52.6 Å². The van der Waals surface area contributed by atoms with Gasteiger partial charge in [-0.25, -0.2) is 0 Å². The lowest BCUT2D eigenvalue weighted by molar-refractivity contribution is -0.384. The third-order valence-corrected chi connectivity index (χ3v) is 4.29. The van der Waals surface area contributed by atoms with Crippen LogP contribution in [0.1, 0.15) is 10.4 Å². The quantitative estimate of drug-likeness (QED) is 0.343. The molecule has 1 aromatic carbocycles. The van der Waals surface area contributed by atoms with E-state index in [-0.39, 0.29) is 11.5 Å². The fourth-order valence-corrected chi connectivity index (χ4v) is 2.92. The Labute approximate surface area is 145 Å². The molecule has 0 N–H and O–H groups in total. The van der Waals surface area contributed by atoms with Crippen LogP contribution in [-0.2, 0) is 9.47 Å². The van der Waals surface area contributed by atoms with E-state index in [1.165, 1.54) is 24.3 Å². The van der Waals surface area contributed by atoms with Gasteiger partial charge in [0.25, 0.3) is 5.69 Å². The van der Waals surface area contributed by atoms with Gasteiger partial charge >= 0.3 is 0 Å². The van der Waals surface area contributed by atoms with Crippen molar-refractivity contribution in [2.45, 2.75) is 0 Å². The van der Waals surface area contributed by atoms with Gasteiger partial charge in [0, 0.05) is 50.0 Å². The first-order chi connectivity index (χ1) is 12.1. The Morgan fingerprint density at radius 3 is 1.88 bits per heavy atom. The van der Waals surface area contributed by atoms with Gasteiger partial charge in [0.2, 0.25) is 0 Å². The highest BCUT2D eigenvalue weighted by Crippen LogP contribution is 2.18. The fourth-order valence-electron chi connectivity index (χ4n) is 2.92. The molecule has 2 saturated heterocycles. The molecular weight excluding hydrogens is 326 g/mol. The molecule has 2 fully saturated rings. The highest BCUT2D eigenvalue weighted by molar-refractivity contribution is 6.04. The van der Waals surface area contributed by atoms with Crippen molar-refractivity contribution in [3.05, 3.63) is 51.8 Å². The van der Waals surface area contributed by atoms with Crippen LogP contribution < -0.4 is 0 Å². The molecule has 25 heavy (non-hydrogen) atoms. The normalized spacial score (nSPS) is 17.9. The lowest BCUT2D eigenvalue weighted by atomic mass is 10.1. The minimum absolute atomic E-state index is 0.0258. The lowest BCUT2D eigenvalue weighted by Crippen LogP contribution is -2.46. The molecular formula is C17H21N3O5. The average Bonchev–Trinajstić information content (AvgIpc) is 2.67. The van der Waals surface area contributed by atoms with Crippen molar-refractivity contribution >= 4 is 11.5 Å². The van der Waals surface area contributed by atoms with Crippen molar-refractivity contribution < 1.29 is 19.2 Å². The molecule has 8 nitrogen and oxygen atoms in total. The number of allylic oxidation sites excluding steroid dienone is 1. The summed E-state index contributed by atoms with van der Waals surface area (Å²) in [7, 11) is 0. The van der Waals surface area contributed by atoms with Gasteiger partial charge in [-0.3, -0.25) is 14.9 Å². The van der Waals surface area contributed by atoms with Crippen LogP contribution >= 0.6 is 0 Å². The van der Waals surface area contributed by atoms with Gasteiger partial charge in [0.05, 0.1) is 31.4 Å². The van der Waals surface area contributed by atoms with Crippen molar-refractivity contribution in [2.24, 2.45) is 0 Å². The molecule has 0 amide bonds. The van der Waals surface area contributed by atoms with Crippen molar-refractivity contribution in [3.8, 4) is 0 Å². The number of hydrogen-bond donors (Lipinski definition) is 0. The lowest BCUT2D eigenvalue weighted by Gasteiger charge is -2.39. The second-order valence-electron chi connectivity index (χ2n) is 5.87. The number of ether oxygens (including phenoxy) is 2. The maximum Gasteiger partial charge on any atom is 0.269 e. The number of ketones is 1. The van der Waals surface area contributed by atoms with Crippen molar-refractivity contribution in [1.82, 2.24) is 9.80 Å². The first-order valence-electron chi connectivity index (χ1n) is 8.31. The van der Waals surface area contributed by atoms with Crippen LogP contribution in [0.5, 0.6) is 0 Å². The molecule has 0 saturated carbocycles. The zero-order valence-corrected chi connectivity index (χ0v) is 13.9. The molecule has 0 bridgehead atoms. The average molecular weight is 347 g/mol. The van der Waals surface area contributed by atoms with E-state index in [0.717, 1.165) is 32.0 Å². The highest BCUT2D eigenvalue weighted by atomic mass is 16.6. The van der Waals surface area contributed by atoms with E-state index in [1.807, 2.05) is 0 Å². The minimum atomic E-state index is -0.475. The molecule has 0 aromatic heterocycles. The van der Waals surface area contributed by atoms with Crippen LogP contribution in [0.3, 0.4) is 0 Å². The predicted molar refractivity (Wildman–Crippen MR) is 90.3 cm³/mol. The number of carbonyl (C=O) groups excluding carboxylic acids is 1. The summed E-state index contributed by atoms with van der Waals surface area (Å²) >= 11 is 0.